The van der Waals surface area contributed by atoms with E-state index in [9.17, 15) is 4.79 Å². The molecule has 0 spiro atoms. The zero-order valence-corrected chi connectivity index (χ0v) is 10.8. The smallest absolute Gasteiger partial charge is 0.243 e. The van der Waals surface area contributed by atoms with Crippen LogP contribution < -0.4 is 10.6 Å². The Hall–Kier alpha value is -0.940. The van der Waals surface area contributed by atoms with E-state index in [1.54, 1.807) is 11.3 Å². The molecule has 0 bridgehead atoms. The second-order valence-corrected chi connectivity index (χ2v) is 6.01. The number of thiazole rings is 1. The summed E-state index contributed by atoms with van der Waals surface area (Å²) in [6, 6.07) is -0.0475. The minimum atomic E-state index is -0.0475. The molecule has 4 nitrogen and oxygen atoms in total. The van der Waals surface area contributed by atoms with Crippen molar-refractivity contribution in [3.63, 3.8) is 0 Å². The number of anilines is 1. The topological polar surface area (TPSA) is 54.0 Å². The SMILES string of the molecule is CC1CCNC1C(=O)Nc1nc2c(s1)CCC2. The van der Waals surface area contributed by atoms with Gasteiger partial charge < -0.3 is 10.6 Å². The fourth-order valence-electron chi connectivity index (χ4n) is 2.61. The fraction of sp³-hybridized carbons (Fsp3) is 0.667. The van der Waals surface area contributed by atoms with Crippen LogP contribution in [0.15, 0.2) is 0 Å². The van der Waals surface area contributed by atoms with Gasteiger partial charge in [0.1, 0.15) is 0 Å². The molecule has 0 aromatic carbocycles. The van der Waals surface area contributed by atoms with Crippen LogP contribution in [0.4, 0.5) is 5.13 Å². The highest BCUT2D eigenvalue weighted by atomic mass is 32.1. The Labute approximate surface area is 105 Å². The lowest BCUT2D eigenvalue weighted by molar-refractivity contribution is -0.118. The van der Waals surface area contributed by atoms with Gasteiger partial charge in [0, 0.05) is 4.88 Å². The van der Waals surface area contributed by atoms with Crippen molar-refractivity contribution in [3.05, 3.63) is 10.6 Å². The summed E-state index contributed by atoms with van der Waals surface area (Å²) < 4.78 is 0. The van der Waals surface area contributed by atoms with Crippen molar-refractivity contribution < 1.29 is 4.79 Å². The summed E-state index contributed by atoms with van der Waals surface area (Å²) in [6.07, 6.45) is 4.48. The molecule has 1 aromatic rings. The average molecular weight is 251 g/mol. The molecule has 1 fully saturated rings. The molecular formula is C12H17N3OS. The van der Waals surface area contributed by atoms with E-state index >= 15 is 0 Å². The monoisotopic (exact) mass is 251 g/mol. The number of nitrogens with one attached hydrogen (secondary N) is 2. The fourth-order valence-corrected chi connectivity index (χ4v) is 3.67. The van der Waals surface area contributed by atoms with Gasteiger partial charge in [-0.25, -0.2) is 4.98 Å². The lowest BCUT2D eigenvalue weighted by Crippen LogP contribution is -2.39. The molecule has 2 N–H and O–H groups in total. The Balaban J connectivity index is 1.68. The van der Waals surface area contributed by atoms with E-state index in [0.29, 0.717) is 5.92 Å². The third-order valence-electron chi connectivity index (χ3n) is 3.64. The molecule has 2 heterocycles. The maximum absolute atomic E-state index is 12.0. The van der Waals surface area contributed by atoms with Crippen molar-refractivity contribution in [2.24, 2.45) is 5.92 Å². The van der Waals surface area contributed by atoms with Gasteiger partial charge in [0.25, 0.3) is 0 Å². The summed E-state index contributed by atoms with van der Waals surface area (Å²) in [7, 11) is 0. The lowest BCUT2D eigenvalue weighted by Gasteiger charge is -2.13. The van der Waals surface area contributed by atoms with Crippen LogP contribution in [0.3, 0.4) is 0 Å². The summed E-state index contributed by atoms with van der Waals surface area (Å²) in [5.41, 5.74) is 1.19. The Morgan fingerprint density at radius 3 is 3.12 bits per heavy atom. The molecular weight excluding hydrogens is 234 g/mol. The minimum absolute atomic E-state index is 0.0475. The maximum Gasteiger partial charge on any atom is 0.243 e. The largest absolute Gasteiger partial charge is 0.306 e. The molecule has 2 unspecified atom stereocenters. The summed E-state index contributed by atoms with van der Waals surface area (Å²) >= 11 is 1.64. The quantitative estimate of drug-likeness (QED) is 0.839. The van der Waals surface area contributed by atoms with Crippen LogP contribution in [0.5, 0.6) is 0 Å². The predicted molar refractivity (Wildman–Crippen MR) is 68.3 cm³/mol. The Morgan fingerprint density at radius 2 is 2.41 bits per heavy atom. The van der Waals surface area contributed by atoms with Gasteiger partial charge in [-0.2, -0.15) is 0 Å². The third-order valence-corrected chi connectivity index (χ3v) is 4.71. The van der Waals surface area contributed by atoms with Gasteiger partial charge >= 0.3 is 0 Å². The Kier molecular flexibility index (Phi) is 2.88. The molecule has 5 heteroatoms. The highest BCUT2D eigenvalue weighted by Gasteiger charge is 2.30. The van der Waals surface area contributed by atoms with E-state index in [1.165, 1.54) is 17.0 Å². The van der Waals surface area contributed by atoms with Crippen LogP contribution in [0, 0.1) is 5.92 Å². The van der Waals surface area contributed by atoms with Gasteiger partial charge in [-0.1, -0.05) is 6.92 Å². The van der Waals surface area contributed by atoms with Gasteiger partial charge in [0.15, 0.2) is 5.13 Å². The van der Waals surface area contributed by atoms with Gasteiger partial charge in [-0.05, 0) is 38.1 Å². The first-order valence-corrected chi connectivity index (χ1v) is 7.08. The van der Waals surface area contributed by atoms with Crippen molar-refractivity contribution in [3.8, 4) is 0 Å². The molecule has 3 rings (SSSR count). The molecule has 1 saturated heterocycles. The first-order valence-electron chi connectivity index (χ1n) is 6.27. The Bertz CT molecular complexity index is 421. The zero-order valence-electron chi connectivity index (χ0n) is 9.95. The summed E-state index contributed by atoms with van der Waals surface area (Å²) in [5, 5.41) is 6.97. The number of carbonyl (C=O) groups excluding carboxylic acids is 1. The first-order chi connectivity index (χ1) is 8.24. The number of hydrogen-bond donors (Lipinski definition) is 2. The van der Waals surface area contributed by atoms with Crippen LogP contribution >= 0.6 is 11.3 Å². The number of aryl methyl sites for hydroxylation is 2. The highest BCUT2D eigenvalue weighted by molar-refractivity contribution is 7.15. The van der Waals surface area contributed by atoms with Crippen LogP contribution in [-0.2, 0) is 17.6 Å². The molecule has 0 radical (unpaired) electrons. The average Bonchev–Trinajstić information content (AvgIpc) is 2.92. The predicted octanol–water partition coefficient (Wildman–Crippen LogP) is 1.57. The normalized spacial score (nSPS) is 27.1. The number of rotatable bonds is 2. The molecule has 1 aliphatic heterocycles. The van der Waals surface area contributed by atoms with E-state index in [0.717, 1.165) is 30.9 Å². The van der Waals surface area contributed by atoms with Crippen molar-refractivity contribution in [1.29, 1.82) is 0 Å². The van der Waals surface area contributed by atoms with E-state index in [2.05, 4.69) is 22.5 Å². The van der Waals surface area contributed by atoms with Crippen LogP contribution in [0.2, 0.25) is 0 Å². The summed E-state index contributed by atoms with van der Waals surface area (Å²) in [5.74, 6) is 0.490. The Morgan fingerprint density at radius 1 is 1.53 bits per heavy atom. The minimum Gasteiger partial charge on any atom is -0.306 e. The second-order valence-electron chi connectivity index (χ2n) is 4.93. The zero-order chi connectivity index (χ0) is 11.8. The molecule has 1 amide bonds. The number of amides is 1. The van der Waals surface area contributed by atoms with Crippen molar-refractivity contribution in [1.82, 2.24) is 10.3 Å². The molecule has 17 heavy (non-hydrogen) atoms. The summed E-state index contributed by atoms with van der Waals surface area (Å²) in [6.45, 7) is 3.06. The number of aromatic nitrogens is 1. The van der Waals surface area contributed by atoms with E-state index in [1.807, 2.05) is 0 Å². The van der Waals surface area contributed by atoms with Crippen LogP contribution in [0.1, 0.15) is 30.3 Å². The molecule has 0 saturated carbocycles. The molecule has 92 valence electrons. The second kappa shape index (κ2) is 4.38. The van der Waals surface area contributed by atoms with Crippen molar-refractivity contribution in [2.75, 3.05) is 11.9 Å². The summed E-state index contributed by atoms with van der Waals surface area (Å²) in [4.78, 5) is 17.9. The number of hydrogen-bond acceptors (Lipinski definition) is 4. The maximum atomic E-state index is 12.0. The van der Waals surface area contributed by atoms with Gasteiger partial charge in [0.05, 0.1) is 11.7 Å². The number of carbonyl (C=O) groups is 1. The third kappa shape index (κ3) is 2.09. The van der Waals surface area contributed by atoms with Crippen molar-refractivity contribution >= 4 is 22.4 Å². The van der Waals surface area contributed by atoms with E-state index in [4.69, 9.17) is 0 Å². The molecule has 2 aliphatic rings. The molecule has 1 aromatic heterocycles. The highest BCUT2D eigenvalue weighted by Crippen LogP contribution is 2.30. The molecule has 1 aliphatic carbocycles. The standard InChI is InChI=1S/C12H17N3OS/c1-7-5-6-13-10(7)11(16)15-12-14-8-3-2-4-9(8)17-12/h7,10,13H,2-6H2,1H3,(H,14,15,16). The van der Waals surface area contributed by atoms with Gasteiger partial charge in [-0.15, -0.1) is 11.3 Å². The molecule has 2 atom stereocenters. The van der Waals surface area contributed by atoms with Crippen molar-refractivity contribution in [2.45, 2.75) is 38.6 Å². The van der Waals surface area contributed by atoms with Crippen LogP contribution in [0.25, 0.3) is 0 Å². The number of nitrogens with zero attached hydrogens (tertiary/aromatic N) is 1. The van der Waals surface area contributed by atoms with E-state index in [-0.39, 0.29) is 11.9 Å². The lowest BCUT2D eigenvalue weighted by atomic mass is 10.0. The first kappa shape index (κ1) is 11.2. The van der Waals surface area contributed by atoms with E-state index < -0.39 is 0 Å². The number of fused-ring (bicyclic) bond motifs is 1. The van der Waals surface area contributed by atoms with Crippen LogP contribution in [-0.4, -0.2) is 23.5 Å². The van der Waals surface area contributed by atoms with Gasteiger partial charge in [0.2, 0.25) is 5.91 Å². The van der Waals surface area contributed by atoms with Gasteiger partial charge in [-0.3, -0.25) is 4.79 Å².